The Morgan fingerprint density at radius 2 is 1.65 bits per heavy atom. The van der Waals surface area contributed by atoms with Crippen LogP contribution in [0.2, 0.25) is 0 Å². The van der Waals surface area contributed by atoms with E-state index in [1.165, 1.54) is 0 Å². The molecule has 20 heavy (non-hydrogen) atoms. The molecule has 98 valence electrons. The summed E-state index contributed by atoms with van der Waals surface area (Å²) >= 11 is 0. The number of terminal acetylenes is 1. The monoisotopic (exact) mass is 264 g/mol. The molecule has 0 aromatic heterocycles. The number of benzene rings is 2. The van der Waals surface area contributed by atoms with Gasteiger partial charge in [-0.3, -0.25) is 9.59 Å². The molecule has 0 aliphatic heterocycles. The van der Waals surface area contributed by atoms with Crippen LogP contribution in [0, 0.1) is 12.3 Å². The van der Waals surface area contributed by atoms with Crippen LogP contribution >= 0.6 is 0 Å². The van der Waals surface area contributed by atoms with E-state index < -0.39 is 0 Å². The van der Waals surface area contributed by atoms with E-state index in [2.05, 4.69) is 5.92 Å². The lowest BCUT2D eigenvalue weighted by molar-refractivity contribution is 0.111. The molecule has 2 aromatic carbocycles. The second kappa shape index (κ2) is 6.35. The van der Waals surface area contributed by atoms with Crippen LogP contribution in [0.1, 0.15) is 20.7 Å². The number of carbonyl (C=O) groups excluding carboxylic acids is 2. The van der Waals surface area contributed by atoms with E-state index in [4.69, 9.17) is 11.2 Å². The van der Waals surface area contributed by atoms with Gasteiger partial charge in [-0.2, -0.15) is 0 Å². The number of aldehydes is 2. The maximum absolute atomic E-state index is 10.8. The molecule has 3 heteroatoms. The Balaban J connectivity index is 2.45. The molecule has 2 rings (SSSR count). The first-order valence-electron chi connectivity index (χ1n) is 5.99. The zero-order valence-electron chi connectivity index (χ0n) is 10.7. The molecular formula is C17H12O3. The first-order chi connectivity index (χ1) is 9.78. The van der Waals surface area contributed by atoms with Gasteiger partial charge < -0.3 is 4.74 Å². The molecule has 0 bridgehead atoms. The summed E-state index contributed by atoms with van der Waals surface area (Å²) in [5.74, 6) is 2.94. The molecule has 2 aromatic rings. The summed E-state index contributed by atoms with van der Waals surface area (Å²) in [5, 5.41) is 0. The van der Waals surface area contributed by atoms with Crippen LogP contribution < -0.4 is 4.74 Å². The van der Waals surface area contributed by atoms with Gasteiger partial charge in [-0.1, -0.05) is 36.3 Å². The second-order valence-electron chi connectivity index (χ2n) is 4.11. The van der Waals surface area contributed by atoms with Crippen LogP contribution in [0.5, 0.6) is 5.75 Å². The van der Waals surface area contributed by atoms with Gasteiger partial charge in [-0.05, 0) is 17.7 Å². The Morgan fingerprint density at radius 3 is 2.25 bits per heavy atom. The Kier molecular flexibility index (Phi) is 4.31. The lowest BCUT2D eigenvalue weighted by Gasteiger charge is -2.10. The van der Waals surface area contributed by atoms with Crippen molar-refractivity contribution in [1.29, 1.82) is 0 Å². The molecular weight excluding hydrogens is 252 g/mol. The third-order valence-corrected chi connectivity index (χ3v) is 2.81. The summed E-state index contributed by atoms with van der Waals surface area (Å²) < 4.78 is 5.48. The highest BCUT2D eigenvalue weighted by atomic mass is 16.5. The minimum absolute atomic E-state index is 0.127. The Morgan fingerprint density at radius 1 is 1.00 bits per heavy atom. The first-order valence-corrected chi connectivity index (χ1v) is 5.99. The molecule has 0 N–H and O–H groups in total. The zero-order chi connectivity index (χ0) is 14.4. The number of hydrogen-bond donors (Lipinski definition) is 0. The predicted molar refractivity (Wildman–Crippen MR) is 77.0 cm³/mol. The van der Waals surface area contributed by atoms with E-state index in [1.807, 2.05) is 12.1 Å². The van der Waals surface area contributed by atoms with Crippen molar-refractivity contribution in [2.45, 2.75) is 0 Å². The molecule has 0 amide bonds. The molecule has 0 aliphatic carbocycles. The van der Waals surface area contributed by atoms with Crippen molar-refractivity contribution in [3.8, 4) is 29.2 Å². The van der Waals surface area contributed by atoms with Crippen molar-refractivity contribution < 1.29 is 14.3 Å². The fourth-order valence-corrected chi connectivity index (χ4v) is 1.83. The quantitative estimate of drug-likeness (QED) is 0.616. The summed E-state index contributed by atoms with van der Waals surface area (Å²) in [6.45, 7) is 0.127. The number of ether oxygens (including phenoxy) is 1. The lowest BCUT2D eigenvalue weighted by Crippen LogP contribution is -1.97. The van der Waals surface area contributed by atoms with Gasteiger partial charge in [0.15, 0.2) is 0 Å². The van der Waals surface area contributed by atoms with E-state index in [0.717, 1.165) is 23.7 Å². The fourth-order valence-electron chi connectivity index (χ4n) is 1.83. The molecule has 0 radical (unpaired) electrons. The van der Waals surface area contributed by atoms with E-state index in [1.54, 1.807) is 30.3 Å². The van der Waals surface area contributed by atoms with Crippen LogP contribution in [0.4, 0.5) is 0 Å². The molecule has 0 heterocycles. The normalized spacial score (nSPS) is 9.55. The average Bonchev–Trinajstić information content (AvgIpc) is 2.52. The number of carbonyl (C=O) groups is 2. The molecule has 0 fully saturated rings. The molecule has 0 atom stereocenters. The molecule has 0 saturated heterocycles. The van der Waals surface area contributed by atoms with Crippen LogP contribution in [0.25, 0.3) is 11.1 Å². The highest BCUT2D eigenvalue weighted by Crippen LogP contribution is 2.30. The molecule has 0 aliphatic rings. The fraction of sp³-hybridized carbons (Fsp3) is 0.0588. The van der Waals surface area contributed by atoms with Gasteiger partial charge in [0, 0.05) is 16.7 Å². The van der Waals surface area contributed by atoms with Crippen LogP contribution in [0.15, 0.2) is 42.5 Å². The minimum atomic E-state index is 0.127. The van der Waals surface area contributed by atoms with Gasteiger partial charge in [0.25, 0.3) is 0 Å². The highest BCUT2D eigenvalue weighted by Gasteiger charge is 2.07. The molecule has 0 spiro atoms. The van der Waals surface area contributed by atoms with Gasteiger partial charge >= 0.3 is 0 Å². The summed E-state index contributed by atoms with van der Waals surface area (Å²) in [5.41, 5.74) is 2.83. The van der Waals surface area contributed by atoms with Gasteiger partial charge in [-0.25, -0.2) is 0 Å². The third kappa shape index (κ3) is 2.93. The molecule has 0 unspecified atom stereocenters. The topological polar surface area (TPSA) is 43.4 Å². The van der Waals surface area contributed by atoms with E-state index in [9.17, 15) is 9.59 Å². The van der Waals surface area contributed by atoms with Crippen molar-refractivity contribution in [3.63, 3.8) is 0 Å². The van der Waals surface area contributed by atoms with E-state index in [0.29, 0.717) is 16.9 Å². The Labute approximate surface area is 117 Å². The van der Waals surface area contributed by atoms with Crippen molar-refractivity contribution in [1.82, 2.24) is 0 Å². The van der Waals surface area contributed by atoms with Gasteiger partial charge in [0.1, 0.15) is 24.9 Å². The van der Waals surface area contributed by atoms with Crippen molar-refractivity contribution in [2.24, 2.45) is 0 Å². The van der Waals surface area contributed by atoms with Crippen molar-refractivity contribution in [3.05, 3.63) is 53.6 Å². The van der Waals surface area contributed by atoms with Crippen LogP contribution in [-0.2, 0) is 0 Å². The highest BCUT2D eigenvalue weighted by molar-refractivity contribution is 5.81. The van der Waals surface area contributed by atoms with Crippen LogP contribution in [-0.4, -0.2) is 19.2 Å². The summed E-state index contributed by atoms with van der Waals surface area (Å²) in [7, 11) is 0. The number of rotatable bonds is 5. The maximum atomic E-state index is 10.8. The molecule has 3 nitrogen and oxygen atoms in total. The zero-order valence-corrected chi connectivity index (χ0v) is 10.7. The van der Waals surface area contributed by atoms with E-state index >= 15 is 0 Å². The second-order valence-corrected chi connectivity index (χ2v) is 4.11. The predicted octanol–water partition coefficient (Wildman–Crippen LogP) is 2.99. The standard InChI is InChI=1S/C17H12O3/c1-2-9-20-17-10-14(12-19)5-8-16(17)15-6-3-13(11-18)4-7-15/h1,3-8,10-12H,9H2. The Bertz CT molecular complexity index is 664. The van der Waals surface area contributed by atoms with Crippen molar-refractivity contribution >= 4 is 12.6 Å². The lowest BCUT2D eigenvalue weighted by atomic mass is 10.0. The number of hydrogen-bond acceptors (Lipinski definition) is 3. The van der Waals surface area contributed by atoms with Gasteiger partial charge in [-0.15, -0.1) is 6.42 Å². The largest absolute Gasteiger partial charge is 0.480 e. The summed E-state index contributed by atoms with van der Waals surface area (Å²) in [6.07, 6.45) is 6.73. The minimum Gasteiger partial charge on any atom is -0.480 e. The third-order valence-electron chi connectivity index (χ3n) is 2.81. The summed E-state index contributed by atoms with van der Waals surface area (Å²) in [4.78, 5) is 21.5. The van der Waals surface area contributed by atoms with E-state index in [-0.39, 0.29) is 6.61 Å². The Hall–Kier alpha value is -2.86. The van der Waals surface area contributed by atoms with Gasteiger partial charge in [0.2, 0.25) is 0 Å². The average molecular weight is 264 g/mol. The molecule has 0 saturated carbocycles. The summed E-state index contributed by atoms with van der Waals surface area (Å²) in [6, 6.07) is 12.2. The van der Waals surface area contributed by atoms with Crippen molar-refractivity contribution in [2.75, 3.05) is 6.61 Å². The smallest absolute Gasteiger partial charge is 0.150 e. The first kappa shape index (κ1) is 13.6. The maximum Gasteiger partial charge on any atom is 0.150 e. The SMILES string of the molecule is C#CCOc1cc(C=O)ccc1-c1ccc(C=O)cc1. The van der Waals surface area contributed by atoms with Crippen LogP contribution in [0.3, 0.4) is 0 Å². The van der Waals surface area contributed by atoms with Gasteiger partial charge in [0.05, 0.1) is 0 Å².